The number of carbonyl (C=O) groups is 2. The van der Waals surface area contributed by atoms with Crippen LogP contribution in [0.15, 0.2) is 78.5 Å². The van der Waals surface area contributed by atoms with Crippen LogP contribution in [0.25, 0.3) is 5.76 Å². The number of Topliss-reactive ketones (excluding diaryl/α,β-unsaturated/α-hetero) is 1. The summed E-state index contributed by atoms with van der Waals surface area (Å²) in [4.78, 5) is 31.9. The van der Waals surface area contributed by atoms with Gasteiger partial charge in [0.15, 0.2) is 0 Å². The van der Waals surface area contributed by atoms with Crippen molar-refractivity contribution in [3.63, 3.8) is 0 Å². The normalized spacial score (nSPS) is 17.1. The lowest BCUT2D eigenvalue weighted by Gasteiger charge is -2.24. The van der Waals surface area contributed by atoms with Crippen LogP contribution in [-0.4, -0.2) is 45.9 Å². The van der Waals surface area contributed by atoms with E-state index in [1.165, 1.54) is 4.90 Å². The molecule has 1 unspecified atom stereocenters. The molecule has 4 rings (SSSR count). The number of amides is 1. The van der Waals surface area contributed by atoms with Gasteiger partial charge < -0.3 is 19.5 Å². The van der Waals surface area contributed by atoms with Gasteiger partial charge in [0, 0.05) is 18.3 Å². The number of aliphatic hydroxyl groups is 1. The second kappa shape index (κ2) is 11.2. The van der Waals surface area contributed by atoms with Gasteiger partial charge in [-0.3, -0.25) is 14.6 Å². The zero-order chi connectivity index (χ0) is 25.7. The molecule has 1 aromatic heterocycles. The van der Waals surface area contributed by atoms with Crippen LogP contribution in [0.3, 0.4) is 0 Å². The van der Waals surface area contributed by atoms with Gasteiger partial charge in [0.2, 0.25) is 0 Å². The first kappa shape index (κ1) is 25.1. The second-order valence-electron chi connectivity index (χ2n) is 8.92. The lowest BCUT2D eigenvalue weighted by molar-refractivity contribution is -0.140. The second-order valence-corrected chi connectivity index (χ2v) is 8.92. The monoisotopic (exact) mass is 486 g/mol. The molecule has 7 nitrogen and oxygen atoms in total. The summed E-state index contributed by atoms with van der Waals surface area (Å²) in [6, 6.07) is 19.5. The number of benzene rings is 2. The Hall–Kier alpha value is -3.97. The van der Waals surface area contributed by atoms with Crippen molar-refractivity contribution < 1.29 is 24.2 Å². The van der Waals surface area contributed by atoms with Gasteiger partial charge in [-0.05, 0) is 62.2 Å². The molecule has 1 aliphatic rings. The fraction of sp³-hybridized carbons (Fsp3) is 0.276. The highest BCUT2D eigenvalue weighted by Crippen LogP contribution is 2.39. The quantitative estimate of drug-likeness (QED) is 0.265. The molecule has 186 valence electrons. The fourth-order valence-electron chi connectivity index (χ4n) is 4.19. The number of ketones is 1. The third-order valence-corrected chi connectivity index (χ3v) is 5.98. The number of pyridine rings is 1. The van der Waals surface area contributed by atoms with E-state index >= 15 is 0 Å². The molecule has 2 aromatic carbocycles. The predicted molar refractivity (Wildman–Crippen MR) is 136 cm³/mol. The van der Waals surface area contributed by atoms with Crippen molar-refractivity contribution in [1.29, 1.82) is 0 Å². The summed E-state index contributed by atoms with van der Waals surface area (Å²) in [5, 5.41) is 11.3. The van der Waals surface area contributed by atoms with E-state index in [1.807, 2.05) is 51.1 Å². The highest BCUT2D eigenvalue weighted by molar-refractivity contribution is 6.46. The average molecular weight is 487 g/mol. The van der Waals surface area contributed by atoms with E-state index in [0.717, 1.165) is 11.1 Å². The molecule has 1 aliphatic heterocycles. The highest BCUT2D eigenvalue weighted by atomic mass is 16.5. The number of aliphatic hydroxyl groups excluding tert-OH is 1. The van der Waals surface area contributed by atoms with Crippen LogP contribution in [-0.2, 0) is 20.9 Å². The molecule has 1 N–H and O–H groups in total. The summed E-state index contributed by atoms with van der Waals surface area (Å²) in [6.45, 7) is 6.55. The minimum absolute atomic E-state index is 0.0132. The largest absolute Gasteiger partial charge is 0.507 e. The predicted octanol–water partition coefficient (Wildman–Crippen LogP) is 4.82. The molecule has 36 heavy (non-hydrogen) atoms. The molecule has 0 spiro atoms. The first-order valence-electron chi connectivity index (χ1n) is 12.0. The number of likely N-dealkylation sites (tertiary alicyclic amines) is 1. The van der Waals surface area contributed by atoms with Crippen molar-refractivity contribution in [3.8, 4) is 5.75 Å². The Balaban J connectivity index is 1.66. The third-order valence-electron chi connectivity index (χ3n) is 5.98. The molecule has 0 bridgehead atoms. The Morgan fingerprint density at radius 1 is 1.06 bits per heavy atom. The van der Waals surface area contributed by atoms with Gasteiger partial charge in [0.1, 0.15) is 24.2 Å². The van der Waals surface area contributed by atoms with Crippen LogP contribution in [0.1, 0.15) is 42.3 Å². The first-order chi connectivity index (χ1) is 17.4. The van der Waals surface area contributed by atoms with Crippen LogP contribution >= 0.6 is 0 Å². The lowest BCUT2D eigenvalue weighted by Crippen LogP contribution is -2.33. The van der Waals surface area contributed by atoms with E-state index in [9.17, 15) is 14.7 Å². The topological polar surface area (TPSA) is 89.0 Å². The number of aromatic nitrogens is 1. The Bertz CT molecular complexity index is 1260. The molecular weight excluding hydrogens is 456 g/mol. The standard InChI is InChI=1S/C29H30N2O5/c1-19(2)35-16-15-31-26(23-11-7-8-14-30-23)25(28(33)29(31)34)27(32)22-12-13-24(20(3)17-22)36-18-21-9-5-4-6-10-21/h4-14,17,19,26,32H,15-16,18H2,1-3H3/b27-25-. The molecule has 2 heterocycles. The van der Waals surface area contributed by atoms with Crippen molar-refractivity contribution in [2.24, 2.45) is 0 Å². The van der Waals surface area contributed by atoms with Gasteiger partial charge in [0.05, 0.1) is 24.0 Å². The van der Waals surface area contributed by atoms with E-state index in [0.29, 0.717) is 23.6 Å². The Morgan fingerprint density at radius 3 is 2.47 bits per heavy atom. The van der Waals surface area contributed by atoms with Crippen molar-refractivity contribution in [3.05, 3.63) is 101 Å². The Morgan fingerprint density at radius 2 is 1.81 bits per heavy atom. The number of aryl methyl sites for hydroxylation is 1. The van der Waals surface area contributed by atoms with Crippen LogP contribution in [0.2, 0.25) is 0 Å². The van der Waals surface area contributed by atoms with E-state index in [1.54, 1.807) is 42.6 Å². The van der Waals surface area contributed by atoms with E-state index in [-0.39, 0.29) is 30.6 Å². The number of rotatable bonds is 9. The molecule has 1 fully saturated rings. The molecule has 1 saturated heterocycles. The third kappa shape index (κ3) is 5.47. The molecule has 7 heteroatoms. The lowest BCUT2D eigenvalue weighted by atomic mass is 9.97. The highest BCUT2D eigenvalue weighted by Gasteiger charge is 2.46. The average Bonchev–Trinajstić information content (AvgIpc) is 3.13. The SMILES string of the molecule is Cc1cc(/C(O)=C2/C(=O)C(=O)N(CCOC(C)C)C2c2ccccn2)ccc1OCc1ccccc1. The number of hydrogen-bond donors (Lipinski definition) is 1. The molecular formula is C29H30N2O5. The van der Waals surface area contributed by atoms with Gasteiger partial charge in [-0.25, -0.2) is 0 Å². The zero-order valence-corrected chi connectivity index (χ0v) is 20.7. The van der Waals surface area contributed by atoms with Gasteiger partial charge in [-0.1, -0.05) is 36.4 Å². The van der Waals surface area contributed by atoms with Crippen LogP contribution in [0.5, 0.6) is 5.75 Å². The minimum atomic E-state index is -0.809. The summed E-state index contributed by atoms with van der Waals surface area (Å²) in [5.74, 6) is -0.995. The number of hydrogen-bond acceptors (Lipinski definition) is 6. The van der Waals surface area contributed by atoms with Crippen LogP contribution in [0, 0.1) is 6.92 Å². The zero-order valence-electron chi connectivity index (χ0n) is 20.7. The molecule has 0 aliphatic carbocycles. The summed E-state index contributed by atoms with van der Waals surface area (Å²) >= 11 is 0. The molecule has 0 saturated carbocycles. The first-order valence-corrected chi connectivity index (χ1v) is 12.0. The minimum Gasteiger partial charge on any atom is -0.507 e. The van der Waals surface area contributed by atoms with Gasteiger partial charge in [0.25, 0.3) is 11.7 Å². The molecule has 3 aromatic rings. The van der Waals surface area contributed by atoms with Gasteiger partial charge >= 0.3 is 0 Å². The maximum Gasteiger partial charge on any atom is 0.295 e. The maximum absolute atomic E-state index is 13.1. The van der Waals surface area contributed by atoms with Crippen molar-refractivity contribution in [2.45, 2.75) is 39.5 Å². The number of nitrogens with zero attached hydrogens (tertiary/aromatic N) is 2. The van der Waals surface area contributed by atoms with Gasteiger partial charge in [-0.15, -0.1) is 0 Å². The van der Waals surface area contributed by atoms with Crippen LogP contribution in [0.4, 0.5) is 0 Å². The summed E-state index contributed by atoms with van der Waals surface area (Å²) in [6.07, 6.45) is 1.59. The summed E-state index contributed by atoms with van der Waals surface area (Å²) in [7, 11) is 0. The smallest absolute Gasteiger partial charge is 0.295 e. The summed E-state index contributed by atoms with van der Waals surface area (Å²) < 4.78 is 11.6. The molecule has 1 amide bonds. The number of carbonyl (C=O) groups excluding carboxylic acids is 2. The Kier molecular flexibility index (Phi) is 7.80. The number of ether oxygens (including phenoxy) is 2. The Labute approximate surface area is 211 Å². The van der Waals surface area contributed by atoms with Crippen molar-refractivity contribution in [2.75, 3.05) is 13.2 Å². The van der Waals surface area contributed by atoms with E-state index in [4.69, 9.17) is 9.47 Å². The van der Waals surface area contributed by atoms with Crippen molar-refractivity contribution in [1.82, 2.24) is 9.88 Å². The molecule has 1 atom stereocenters. The van der Waals surface area contributed by atoms with E-state index < -0.39 is 17.7 Å². The summed E-state index contributed by atoms with van der Waals surface area (Å²) in [5.41, 5.74) is 2.78. The molecule has 0 radical (unpaired) electrons. The fourth-order valence-corrected chi connectivity index (χ4v) is 4.19. The van der Waals surface area contributed by atoms with Crippen molar-refractivity contribution >= 4 is 17.4 Å². The maximum atomic E-state index is 13.1. The van der Waals surface area contributed by atoms with Crippen LogP contribution < -0.4 is 4.74 Å². The van der Waals surface area contributed by atoms with Gasteiger partial charge in [-0.2, -0.15) is 0 Å². The van der Waals surface area contributed by atoms with E-state index in [2.05, 4.69) is 4.98 Å².